The number of aromatic nitrogens is 2. The van der Waals surface area contributed by atoms with Crippen LogP contribution in [0, 0.1) is 0 Å². The number of nitrogens with zero attached hydrogens (tertiary/aromatic N) is 3. The Bertz CT molecular complexity index is 1710. The van der Waals surface area contributed by atoms with Crippen LogP contribution in [0.3, 0.4) is 0 Å². The molecule has 0 radical (unpaired) electrons. The molecule has 11 heteroatoms. The minimum atomic E-state index is -4.26. The topological polar surface area (TPSA) is 106 Å². The van der Waals surface area contributed by atoms with E-state index in [1.165, 1.54) is 24.3 Å². The second-order valence-corrected chi connectivity index (χ2v) is 11.8. The highest BCUT2D eigenvalue weighted by molar-refractivity contribution is 7.92. The molecule has 0 aliphatic carbocycles. The van der Waals surface area contributed by atoms with E-state index >= 15 is 0 Å². The molecule has 7 nitrogen and oxygen atoms in total. The Morgan fingerprint density at radius 2 is 1.50 bits per heavy atom. The van der Waals surface area contributed by atoms with Crippen molar-refractivity contribution in [1.82, 2.24) is 9.97 Å². The van der Waals surface area contributed by atoms with Crippen molar-refractivity contribution in [2.45, 2.75) is 19.8 Å². The monoisotopic (exact) mass is 529 g/mol. The number of halogens is 2. The van der Waals surface area contributed by atoms with Gasteiger partial charge in [0.05, 0.1) is 20.5 Å². The van der Waals surface area contributed by atoms with E-state index in [4.69, 9.17) is 23.2 Å². The van der Waals surface area contributed by atoms with E-state index in [0.29, 0.717) is 10.6 Å². The summed E-state index contributed by atoms with van der Waals surface area (Å²) in [6, 6.07) is 18.4. The molecule has 0 amide bonds. The fourth-order valence-corrected chi connectivity index (χ4v) is 6.99. The number of hydrogen-bond donors (Lipinski definition) is 0. The lowest BCUT2D eigenvalue weighted by molar-refractivity contribution is 0.587. The van der Waals surface area contributed by atoms with Crippen LogP contribution in [0.1, 0.15) is 11.1 Å². The summed E-state index contributed by atoms with van der Waals surface area (Å²) in [5.41, 5.74) is 0.378. The quantitative estimate of drug-likeness (QED) is 0.306. The van der Waals surface area contributed by atoms with Gasteiger partial charge in [0.15, 0.2) is 10.1 Å². The van der Waals surface area contributed by atoms with Crippen LogP contribution in [0.5, 0.6) is 0 Å². The van der Waals surface area contributed by atoms with Crippen LogP contribution in [-0.4, -0.2) is 32.5 Å². The van der Waals surface area contributed by atoms with Gasteiger partial charge in [0.25, 0.3) is 0 Å². The predicted octanol–water partition coefficient (Wildman–Crippen LogP) is 4.93. The van der Waals surface area contributed by atoms with Crippen molar-refractivity contribution in [1.29, 1.82) is 0 Å². The summed E-state index contributed by atoms with van der Waals surface area (Å²) in [5.74, 6) is 0. The van der Waals surface area contributed by atoms with Gasteiger partial charge in [0, 0.05) is 16.1 Å². The zero-order valence-electron chi connectivity index (χ0n) is 17.1. The van der Waals surface area contributed by atoms with E-state index in [1.54, 1.807) is 48.5 Å². The van der Waals surface area contributed by atoms with Crippen molar-refractivity contribution in [3.05, 3.63) is 100 Å². The molecule has 1 aliphatic rings. The summed E-state index contributed by atoms with van der Waals surface area (Å²) >= 11 is 12.5. The van der Waals surface area contributed by atoms with Crippen LogP contribution >= 0.6 is 23.2 Å². The van der Waals surface area contributed by atoms with Gasteiger partial charge in [0.1, 0.15) is 12.0 Å². The summed E-state index contributed by atoms with van der Waals surface area (Å²) in [7, 11) is -8.50. The molecule has 0 saturated carbocycles. The number of sulfone groups is 2. The van der Waals surface area contributed by atoms with Gasteiger partial charge < -0.3 is 0 Å². The standard InChI is InChI=1S/C23H13Cl2N3O4S2/c24-14-10-11-16(18(25)12-14)20-17-8-4-5-9-19(17)34(31,32)23-21(28-20)22(26-13-27-23)33(29,30)15-6-2-1-3-7-15/h1-13H. The van der Waals surface area contributed by atoms with Crippen molar-refractivity contribution >= 4 is 54.3 Å². The first-order valence-electron chi connectivity index (χ1n) is 9.75. The summed E-state index contributed by atoms with van der Waals surface area (Å²) in [6.45, 7) is 0. The number of rotatable bonds is 3. The maximum Gasteiger partial charge on any atom is 0.226 e. The van der Waals surface area contributed by atoms with E-state index in [9.17, 15) is 16.8 Å². The Morgan fingerprint density at radius 1 is 0.794 bits per heavy atom. The number of fused-ring (bicyclic) bond motifs is 2. The molecule has 0 bridgehead atoms. The Morgan fingerprint density at radius 3 is 2.24 bits per heavy atom. The minimum Gasteiger partial charge on any atom is -0.242 e. The van der Waals surface area contributed by atoms with E-state index in [2.05, 4.69) is 15.0 Å². The van der Waals surface area contributed by atoms with Crippen LogP contribution in [0.4, 0.5) is 5.69 Å². The third-order valence-corrected chi connectivity index (χ3v) is 9.15. The second-order valence-electron chi connectivity index (χ2n) is 7.23. The maximum absolute atomic E-state index is 13.6. The normalized spacial score (nSPS) is 14.5. The Hall–Kier alpha value is -3.11. The molecule has 3 aromatic carbocycles. The van der Waals surface area contributed by atoms with Gasteiger partial charge >= 0.3 is 0 Å². The highest BCUT2D eigenvalue weighted by Crippen LogP contribution is 2.40. The van der Waals surface area contributed by atoms with Gasteiger partial charge in [-0.3, -0.25) is 0 Å². The smallest absolute Gasteiger partial charge is 0.226 e. The average Bonchev–Trinajstić information content (AvgIpc) is 2.92. The third-order valence-electron chi connectivity index (χ3n) is 5.16. The third kappa shape index (κ3) is 3.61. The van der Waals surface area contributed by atoms with Crippen molar-refractivity contribution in [2.24, 2.45) is 4.99 Å². The number of aliphatic imine (C=N–C) groups is 1. The average molecular weight is 530 g/mol. The lowest BCUT2D eigenvalue weighted by Gasteiger charge is -2.11. The van der Waals surface area contributed by atoms with Gasteiger partial charge in [-0.1, -0.05) is 59.6 Å². The van der Waals surface area contributed by atoms with Crippen LogP contribution in [0.25, 0.3) is 0 Å². The molecule has 0 atom stereocenters. The summed E-state index contributed by atoms with van der Waals surface area (Å²) in [5, 5.41) is -0.446. The van der Waals surface area contributed by atoms with Crippen LogP contribution in [-0.2, 0) is 19.7 Å². The molecule has 5 rings (SSSR count). The Kier molecular flexibility index (Phi) is 5.52. The molecule has 0 saturated heterocycles. The van der Waals surface area contributed by atoms with Crippen molar-refractivity contribution in [3.63, 3.8) is 0 Å². The van der Waals surface area contributed by atoms with Crippen LogP contribution < -0.4 is 0 Å². The summed E-state index contributed by atoms with van der Waals surface area (Å²) < 4.78 is 54.2. The minimum absolute atomic E-state index is 0.0589. The molecule has 1 aliphatic heterocycles. The first-order valence-corrected chi connectivity index (χ1v) is 13.5. The SMILES string of the molecule is O=S(=O)(c1ccccc1)c1ncnc2c1N=C(c1ccc(Cl)cc1Cl)c1ccccc1S2(=O)=O. The first kappa shape index (κ1) is 22.7. The highest BCUT2D eigenvalue weighted by atomic mass is 35.5. The van der Waals surface area contributed by atoms with Gasteiger partial charge in [0.2, 0.25) is 19.7 Å². The molecular weight excluding hydrogens is 517 g/mol. The van der Waals surface area contributed by atoms with E-state index in [0.717, 1.165) is 6.33 Å². The second kappa shape index (κ2) is 8.28. The van der Waals surface area contributed by atoms with Gasteiger partial charge in [-0.15, -0.1) is 0 Å². The molecule has 34 heavy (non-hydrogen) atoms. The molecule has 0 N–H and O–H groups in total. The molecule has 4 aromatic rings. The lowest BCUT2D eigenvalue weighted by Crippen LogP contribution is -2.11. The van der Waals surface area contributed by atoms with E-state index in [-0.39, 0.29) is 31.8 Å². The Balaban J connectivity index is 1.91. The molecule has 2 heterocycles. The predicted molar refractivity (Wildman–Crippen MR) is 128 cm³/mol. The van der Waals surface area contributed by atoms with Gasteiger partial charge in [-0.25, -0.2) is 31.8 Å². The van der Waals surface area contributed by atoms with Crippen LogP contribution in [0.15, 0.2) is 104 Å². The van der Waals surface area contributed by atoms with Crippen LogP contribution in [0.2, 0.25) is 10.0 Å². The highest BCUT2D eigenvalue weighted by Gasteiger charge is 2.36. The Labute approximate surface area is 205 Å². The molecule has 0 spiro atoms. The molecule has 0 fully saturated rings. The summed E-state index contributed by atoms with van der Waals surface area (Å²) in [4.78, 5) is 12.3. The zero-order valence-corrected chi connectivity index (χ0v) is 20.2. The van der Waals surface area contributed by atoms with Gasteiger partial charge in [-0.05, 0) is 36.4 Å². The molecular formula is C23H13Cl2N3O4S2. The van der Waals surface area contributed by atoms with E-state index < -0.39 is 29.7 Å². The summed E-state index contributed by atoms with van der Waals surface area (Å²) in [6.07, 6.45) is 0.907. The molecule has 1 aromatic heterocycles. The van der Waals surface area contributed by atoms with Crippen molar-refractivity contribution in [2.75, 3.05) is 0 Å². The number of benzene rings is 3. The molecule has 170 valence electrons. The zero-order chi connectivity index (χ0) is 24.1. The largest absolute Gasteiger partial charge is 0.242 e. The van der Waals surface area contributed by atoms with E-state index in [1.807, 2.05) is 0 Å². The maximum atomic E-state index is 13.6. The van der Waals surface area contributed by atoms with Crippen molar-refractivity contribution < 1.29 is 16.8 Å². The first-order chi connectivity index (χ1) is 16.2. The van der Waals surface area contributed by atoms with Crippen molar-refractivity contribution in [3.8, 4) is 0 Å². The number of hydrogen-bond acceptors (Lipinski definition) is 7. The fraction of sp³-hybridized carbons (Fsp3) is 0. The lowest BCUT2D eigenvalue weighted by atomic mass is 10.0. The molecule has 0 unspecified atom stereocenters. The fourth-order valence-electron chi connectivity index (χ4n) is 3.61. The van der Waals surface area contributed by atoms with Gasteiger partial charge in [-0.2, -0.15) is 0 Å².